The Labute approximate surface area is 138 Å². The first-order valence-corrected chi connectivity index (χ1v) is 8.01. The highest BCUT2D eigenvalue weighted by Crippen LogP contribution is 2.22. The van der Waals surface area contributed by atoms with Crippen LogP contribution in [0.2, 0.25) is 0 Å². The van der Waals surface area contributed by atoms with Gasteiger partial charge in [-0.1, -0.05) is 27.3 Å². The highest BCUT2D eigenvalue weighted by Gasteiger charge is 2.10. The Bertz CT molecular complexity index is 899. The monoisotopic (exact) mass is 378 g/mol. The van der Waals surface area contributed by atoms with E-state index in [2.05, 4.69) is 25.7 Å². The predicted molar refractivity (Wildman–Crippen MR) is 88.5 cm³/mol. The Morgan fingerprint density at radius 3 is 2.86 bits per heavy atom. The Morgan fingerprint density at radius 1 is 1.36 bits per heavy atom. The predicted octanol–water partition coefficient (Wildman–Crippen LogP) is 3.06. The van der Waals surface area contributed by atoms with Gasteiger partial charge in [0.2, 0.25) is 0 Å². The number of carbonyl (C=O) groups excluding carboxylic acids is 1. The lowest BCUT2D eigenvalue weighted by molar-refractivity contribution is 0.0600. The second-order valence-corrected chi connectivity index (χ2v) is 6.50. The molecule has 0 aliphatic carbocycles. The van der Waals surface area contributed by atoms with Crippen LogP contribution in [-0.2, 0) is 11.3 Å². The van der Waals surface area contributed by atoms with Crippen molar-refractivity contribution < 1.29 is 9.53 Å². The molecule has 0 radical (unpaired) electrons. The van der Waals surface area contributed by atoms with Crippen LogP contribution in [0.15, 0.2) is 45.8 Å². The van der Waals surface area contributed by atoms with Gasteiger partial charge in [0.25, 0.3) is 0 Å². The minimum absolute atomic E-state index is 0.0352. The molecule has 0 aliphatic rings. The molecule has 22 heavy (non-hydrogen) atoms. The smallest absolute Gasteiger partial charge is 0.339 e. The molecular formula is C15H11BrN2O3S. The van der Waals surface area contributed by atoms with E-state index in [1.54, 1.807) is 16.7 Å². The van der Waals surface area contributed by atoms with Crippen LogP contribution < -0.4 is 4.87 Å². The molecule has 1 aromatic carbocycles. The van der Waals surface area contributed by atoms with Gasteiger partial charge >= 0.3 is 10.8 Å². The molecule has 0 amide bonds. The summed E-state index contributed by atoms with van der Waals surface area (Å²) in [6.45, 7) is 0.363. The van der Waals surface area contributed by atoms with Crippen LogP contribution in [0, 0.1) is 0 Å². The largest absolute Gasteiger partial charge is 0.465 e. The normalized spacial score (nSPS) is 10.8. The number of carbonyl (C=O) groups is 1. The van der Waals surface area contributed by atoms with Gasteiger partial charge in [-0.15, -0.1) is 0 Å². The summed E-state index contributed by atoms with van der Waals surface area (Å²) in [7, 11) is 1.32. The molecule has 2 aromatic heterocycles. The van der Waals surface area contributed by atoms with E-state index >= 15 is 0 Å². The number of thiazole rings is 1. The molecular weight excluding hydrogens is 368 g/mol. The number of benzene rings is 1. The number of aromatic nitrogens is 2. The van der Waals surface area contributed by atoms with E-state index in [1.807, 2.05) is 18.2 Å². The van der Waals surface area contributed by atoms with Crippen molar-refractivity contribution in [3.05, 3.63) is 61.9 Å². The molecule has 3 aromatic rings. The van der Waals surface area contributed by atoms with E-state index in [0.29, 0.717) is 17.8 Å². The van der Waals surface area contributed by atoms with Gasteiger partial charge in [0.15, 0.2) is 0 Å². The van der Waals surface area contributed by atoms with E-state index in [4.69, 9.17) is 0 Å². The first kappa shape index (κ1) is 14.9. The number of fused-ring (bicyclic) bond motifs is 1. The fourth-order valence-electron chi connectivity index (χ4n) is 2.11. The quantitative estimate of drug-likeness (QED) is 0.657. The number of nitrogens with zero attached hydrogens (tertiary/aromatic N) is 2. The number of methoxy groups -OCH3 is 1. The van der Waals surface area contributed by atoms with Crippen LogP contribution in [0.1, 0.15) is 16.1 Å². The van der Waals surface area contributed by atoms with Crippen molar-refractivity contribution in [1.29, 1.82) is 0 Å². The molecule has 7 heteroatoms. The minimum atomic E-state index is -0.429. The summed E-state index contributed by atoms with van der Waals surface area (Å²) in [6, 6.07) is 9.09. The molecule has 0 saturated carbocycles. The highest BCUT2D eigenvalue weighted by atomic mass is 79.9. The van der Waals surface area contributed by atoms with Crippen LogP contribution in [0.3, 0.4) is 0 Å². The minimum Gasteiger partial charge on any atom is -0.465 e. The Balaban J connectivity index is 1.95. The van der Waals surface area contributed by atoms with Crippen molar-refractivity contribution in [1.82, 2.24) is 9.55 Å². The van der Waals surface area contributed by atoms with Crippen LogP contribution in [0.5, 0.6) is 0 Å². The molecule has 2 heterocycles. The molecule has 0 aliphatic heterocycles. The summed E-state index contributed by atoms with van der Waals surface area (Å²) in [5.74, 6) is -0.429. The molecule has 0 fully saturated rings. The van der Waals surface area contributed by atoms with Gasteiger partial charge in [-0.3, -0.25) is 14.3 Å². The molecule has 0 spiro atoms. The lowest BCUT2D eigenvalue weighted by Crippen LogP contribution is -2.14. The van der Waals surface area contributed by atoms with Gasteiger partial charge in [-0.05, 0) is 30.3 Å². The molecule has 0 bridgehead atoms. The Kier molecular flexibility index (Phi) is 4.08. The number of halogens is 1. The summed E-state index contributed by atoms with van der Waals surface area (Å²) in [6.07, 6.45) is 1.46. The molecule has 3 rings (SSSR count). The van der Waals surface area contributed by atoms with Crippen LogP contribution in [0.25, 0.3) is 10.2 Å². The Morgan fingerprint density at radius 2 is 2.18 bits per heavy atom. The number of rotatable bonds is 3. The summed E-state index contributed by atoms with van der Waals surface area (Å²) in [4.78, 5) is 27.7. The zero-order valence-corrected chi connectivity index (χ0v) is 14.0. The standard InChI is InChI=1S/C15H11BrN2O3S/c1-21-14(19)9-2-4-11(17-7-9)8-18-12-5-3-10(16)6-13(12)22-15(18)20/h2-7H,8H2,1H3. The fraction of sp³-hybridized carbons (Fsp3) is 0.133. The van der Waals surface area contributed by atoms with E-state index in [1.165, 1.54) is 24.6 Å². The van der Waals surface area contributed by atoms with E-state index in [9.17, 15) is 9.59 Å². The lowest BCUT2D eigenvalue weighted by atomic mass is 10.2. The topological polar surface area (TPSA) is 61.2 Å². The maximum Gasteiger partial charge on any atom is 0.339 e. The molecule has 5 nitrogen and oxygen atoms in total. The average molecular weight is 379 g/mol. The van der Waals surface area contributed by atoms with Crippen molar-refractivity contribution in [3.8, 4) is 0 Å². The molecule has 0 atom stereocenters. The number of hydrogen-bond acceptors (Lipinski definition) is 5. The number of pyridine rings is 1. The van der Waals surface area contributed by atoms with Gasteiger partial charge in [0.1, 0.15) is 0 Å². The summed E-state index contributed by atoms with van der Waals surface area (Å²) >= 11 is 4.60. The van der Waals surface area contributed by atoms with Crippen molar-refractivity contribution in [2.24, 2.45) is 0 Å². The molecule has 112 valence electrons. The summed E-state index contributed by atoms with van der Waals surface area (Å²) in [5.41, 5.74) is 1.96. The fourth-order valence-corrected chi connectivity index (χ4v) is 3.55. The van der Waals surface area contributed by atoms with Crippen molar-refractivity contribution in [3.63, 3.8) is 0 Å². The number of esters is 1. The van der Waals surface area contributed by atoms with Gasteiger partial charge in [-0.2, -0.15) is 0 Å². The summed E-state index contributed by atoms with van der Waals surface area (Å²) < 4.78 is 8.17. The van der Waals surface area contributed by atoms with Gasteiger partial charge < -0.3 is 4.74 Å². The first-order chi connectivity index (χ1) is 10.6. The van der Waals surface area contributed by atoms with Crippen LogP contribution in [0.4, 0.5) is 0 Å². The lowest BCUT2D eigenvalue weighted by Gasteiger charge is -2.04. The highest BCUT2D eigenvalue weighted by molar-refractivity contribution is 9.10. The van der Waals surface area contributed by atoms with Gasteiger partial charge in [0.05, 0.1) is 35.1 Å². The second-order valence-electron chi connectivity index (χ2n) is 4.60. The van der Waals surface area contributed by atoms with Gasteiger partial charge in [-0.25, -0.2) is 4.79 Å². The van der Waals surface area contributed by atoms with E-state index in [-0.39, 0.29) is 4.87 Å². The number of hydrogen-bond donors (Lipinski definition) is 0. The third-order valence-corrected chi connectivity index (χ3v) is 4.63. The van der Waals surface area contributed by atoms with Crippen molar-refractivity contribution >= 4 is 43.5 Å². The van der Waals surface area contributed by atoms with E-state index < -0.39 is 5.97 Å². The maximum absolute atomic E-state index is 12.1. The van der Waals surface area contributed by atoms with Crippen LogP contribution in [-0.4, -0.2) is 22.6 Å². The summed E-state index contributed by atoms with van der Waals surface area (Å²) in [5, 5.41) is 0. The maximum atomic E-state index is 12.1. The zero-order chi connectivity index (χ0) is 15.7. The third-order valence-electron chi connectivity index (χ3n) is 3.20. The molecule has 0 saturated heterocycles. The van der Waals surface area contributed by atoms with Crippen molar-refractivity contribution in [2.75, 3.05) is 7.11 Å². The van der Waals surface area contributed by atoms with Crippen LogP contribution >= 0.6 is 27.3 Å². The second kappa shape index (κ2) is 6.02. The first-order valence-electron chi connectivity index (χ1n) is 6.40. The SMILES string of the molecule is COC(=O)c1ccc(Cn2c(=O)sc3cc(Br)ccc32)nc1. The number of ether oxygens (including phenoxy) is 1. The molecule has 0 unspecified atom stereocenters. The zero-order valence-electron chi connectivity index (χ0n) is 11.6. The van der Waals surface area contributed by atoms with E-state index in [0.717, 1.165) is 14.7 Å². The third kappa shape index (κ3) is 2.82. The molecule has 0 N–H and O–H groups in total. The van der Waals surface area contributed by atoms with Crippen molar-refractivity contribution in [2.45, 2.75) is 6.54 Å². The van der Waals surface area contributed by atoms with Gasteiger partial charge in [0, 0.05) is 10.7 Å². The average Bonchev–Trinajstić information content (AvgIpc) is 2.82. The Hall–Kier alpha value is -1.99.